The fourth-order valence-electron chi connectivity index (χ4n) is 2.35. The first-order chi connectivity index (χ1) is 8.55. The lowest BCUT2D eigenvalue weighted by Crippen LogP contribution is -2.33. The van der Waals surface area contributed by atoms with E-state index in [1.165, 1.54) is 21.5 Å². The van der Waals surface area contributed by atoms with E-state index >= 15 is 0 Å². The van der Waals surface area contributed by atoms with Gasteiger partial charge in [-0.25, -0.2) is 0 Å². The zero-order chi connectivity index (χ0) is 12.8. The second kappa shape index (κ2) is 4.27. The fourth-order valence-corrected chi connectivity index (χ4v) is 4.42. The lowest BCUT2D eigenvalue weighted by molar-refractivity contribution is 1.78. The van der Waals surface area contributed by atoms with Crippen molar-refractivity contribution in [2.45, 2.75) is 6.55 Å². The molecule has 0 bridgehead atoms. The average Bonchev–Trinajstić information content (AvgIpc) is 2.34. The number of fused-ring (bicyclic) bond motifs is 2. The molecule has 0 fully saturated rings. The van der Waals surface area contributed by atoms with E-state index in [0.717, 1.165) is 5.19 Å². The number of rotatable bonds is 1. The van der Waals surface area contributed by atoms with Crippen LogP contribution < -0.4 is 5.19 Å². The second-order valence-electron chi connectivity index (χ2n) is 4.61. The van der Waals surface area contributed by atoms with E-state index < -0.39 is 6.69 Å². The first-order valence-electron chi connectivity index (χ1n) is 5.85. The predicted molar refractivity (Wildman–Crippen MR) is 84.4 cm³/mol. The van der Waals surface area contributed by atoms with Gasteiger partial charge in [0.25, 0.3) is 6.69 Å². The van der Waals surface area contributed by atoms with E-state index in [1.807, 2.05) is 18.7 Å². The van der Waals surface area contributed by atoms with Gasteiger partial charge < -0.3 is 0 Å². The Morgan fingerprint density at radius 3 is 2.06 bits per heavy atom. The molecule has 0 unspecified atom stereocenters. The lowest BCUT2D eigenvalue weighted by Gasteiger charge is -2.14. The van der Waals surface area contributed by atoms with E-state index in [1.54, 1.807) is 0 Å². The van der Waals surface area contributed by atoms with Crippen LogP contribution in [0.5, 0.6) is 0 Å². The maximum absolute atomic E-state index is 6.39. The molecule has 0 nitrogen and oxygen atoms in total. The maximum atomic E-state index is 6.39. The summed E-state index contributed by atoms with van der Waals surface area (Å²) in [6.07, 6.45) is 0. The third-order valence-electron chi connectivity index (χ3n) is 3.22. The van der Waals surface area contributed by atoms with Gasteiger partial charge in [0, 0.05) is 0 Å². The molecule has 3 heteroatoms. The Morgan fingerprint density at radius 1 is 0.778 bits per heavy atom. The van der Waals surface area contributed by atoms with Crippen LogP contribution in [0.25, 0.3) is 21.5 Å². The van der Waals surface area contributed by atoms with Gasteiger partial charge in [-0.3, -0.25) is 0 Å². The Bertz CT molecular complexity index is 729. The Kier molecular flexibility index (Phi) is 2.85. The zero-order valence-corrected chi connectivity index (χ0v) is 12.5. The van der Waals surface area contributed by atoms with Crippen LogP contribution in [0.2, 0.25) is 6.55 Å². The number of halogens is 2. The van der Waals surface area contributed by atoms with Gasteiger partial charge in [0.05, 0.1) is 0 Å². The maximum Gasteiger partial charge on any atom is 0.278 e. The standard InChI is InChI=1S/C15H12Cl2Si/c1-18(16,17)15-8-4-7-13-9-11-5-2-3-6-12(11)10-14(13)15/h2-10H,1H3. The largest absolute Gasteiger partial charge is 0.278 e. The van der Waals surface area contributed by atoms with E-state index in [0.29, 0.717) is 0 Å². The van der Waals surface area contributed by atoms with E-state index in [4.69, 9.17) is 22.2 Å². The smallest absolute Gasteiger partial charge is 0.140 e. The van der Waals surface area contributed by atoms with Gasteiger partial charge in [0.15, 0.2) is 0 Å². The van der Waals surface area contributed by atoms with Crippen molar-refractivity contribution in [2.24, 2.45) is 0 Å². The highest BCUT2D eigenvalue weighted by molar-refractivity contribution is 7.50. The summed E-state index contributed by atoms with van der Waals surface area (Å²) in [7, 11) is 0. The van der Waals surface area contributed by atoms with Crippen molar-refractivity contribution >= 4 is 55.6 Å². The third kappa shape index (κ3) is 2.03. The molecule has 0 aromatic heterocycles. The highest BCUT2D eigenvalue weighted by Gasteiger charge is 2.25. The molecular formula is C15H12Cl2Si. The van der Waals surface area contributed by atoms with Crippen molar-refractivity contribution < 1.29 is 0 Å². The topological polar surface area (TPSA) is 0 Å². The molecule has 0 saturated carbocycles. The highest BCUT2D eigenvalue weighted by atomic mass is 35.7. The summed E-state index contributed by atoms with van der Waals surface area (Å²) in [5, 5.41) is 5.94. The summed E-state index contributed by atoms with van der Waals surface area (Å²) in [4.78, 5) is 0. The van der Waals surface area contributed by atoms with Crippen molar-refractivity contribution in [1.29, 1.82) is 0 Å². The highest BCUT2D eigenvalue weighted by Crippen LogP contribution is 2.25. The van der Waals surface area contributed by atoms with Crippen LogP contribution >= 0.6 is 22.2 Å². The SMILES string of the molecule is C[Si](Cl)(Cl)c1cccc2cc3ccccc3cc12. The Labute approximate surface area is 117 Å². The van der Waals surface area contributed by atoms with Crippen LogP contribution in [0.1, 0.15) is 0 Å². The molecule has 0 aliphatic heterocycles. The molecule has 0 saturated heterocycles. The van der Waals surface area contributed by atoms with Gasteiger partial charge in [-0.2, -0.15) is 0 Å². The normalized spacial score (nSPS) is 12.2. The van der Waals surface area contributed by atoms with Crippen molar-refractivity contribution in [3.05, 3.63) is 54.6 Å². The summed E-state index contributed by atoms with van der Waals surface area (Å²) in [5.41, 5.74) is 0. The summed E-state index contributed by atoms with van der Waals surface area (Å²) >= 11 is 12.8. The van der Waals surface area contributed by atoms with Crippen LogP contribution in [0.15, 0.2) is 54.6 Å². The molecule has 3 aromatic carbocycles. The van der Waals surface area contributed by atoms with E-state index in [2.05, 4.69) is 42.5 Å². The molecule has 0 aliphatic carbocycles. The monoisotopic (exact) mass is 290 g/mol. The molecule has 3 aromatic rings. The Hall–Kier alpha value is -1.02. The first-order valence-corrected chi connectivity index (χ1v) is 10.4. The molecule has 0 heterocycles. The quantitative estimate of drug-likeness (QED) is 0.345. The van der Waals surface area contributed by atoms with Crippen molar-refractivity contribution in [3.63, 3.8) is 0 Å². The average molecular weight is 291 g/mol. The fraction of sp³-hybridized carbons (Fsp3) is 0.0667. The molecule has 0 radical (unpaired) electrons. The molecule has 0 spiro atoms. The molecule has 0 amide bonds. The van der Waals surface area contributed by atoms with Crippen molar-refractivity contribution in [3.8, 4) is 0 Å². The van der Waals surface area contributed by atoms with Gasteiger partial charge >= 0.3 is 0 Å². The summed E-state index contributed by atoms with van der Waals surface area (Å²) in [6.45, 7) is -0.396. The van der Waals surface area contributed by atoms with Gasteiger partial charge in [-0.15, -0.1) is 22.2 Å². The van der Waals surface area contributed by atoms with Gasteiger partial charge in [0.2, 0.25) is 0 Å². The zero-order valence-electron chi connectivity index (χ0n) is 9.95. The number of hydrogen-bond donors (Lipinski definition) is 0. The lowest BCUT2D eigenvalue weighted by atomic mass is 10.0. The molecule has 0 atom stereocenters. The Balaban J connectivity index is 2.44. The molecule has 90 valence electrons. The second-order valence-corrected chi connectivity index (χ2v) is 12.0. The molecular weight excluding hydrogens is 279 g/mol. The van der Waals surface area contributed by atoms with Crippen molar-refractivity contribution in [2.75, 3.05) is 0 Å². The van der Waals surface area contributed by atoms with E-state index in [-0.39, 0.29) is 0 Å². The molecule has 3 rings (SSSR count). The van der Waals surface area contributed by atoms with Crippen LogP contribution in [0.3, 0.4) is 0 Å². The van der Waals surface area contributed by atoms with Crippen LogP contribution in [0.4, 0.5) is 0 Å². The molecule has 0 N–H and O–H groups in total. The third-order valence-corrected chi connectivity index (χ3v) is 5.82. The number of benzene rings is 3. The number of hydrogen-bond acceptors (Lipinski definition) is 0. The minimum atomic E-state index is -2.34. The molecule has 0 aliphatic rings. The molecule has 18 heavy (non-hydrogen) atoms. The van der Waals surface area contributed by atoms with E-state index in [9.17, 15) is 0 Å². The summed E-state index contributed by atoms with van der Waals surface area (Å²) < 4.78 is 0. The first kappa shape index (κ1) is 12.0. The van der Waals surface area contributed by atoms with Gasteiger partial charge in [-0.05, 0) is 45.4 Å². The Morgan fingerprint density at radius 2 is 1.39 bits per heavy atom. The van der Waals surface area contributed by atoms with Gasteiger partial charge in [0.1, 0.15) is 0 Å². The van der Waals surface area contributed by atoms with Crippen LogP contribution in [0, 0.1) is 0 Å². The van der Waals surface area contributed by atoms with Crippen LogP contribution in [-0.4, -0.2) is 6.69 Å². The predicted octanol–water partition coefficient (Wildman–Crippen LogP) is 4.75. The van der Waals surface area contributed by atoms with Crippen molar-refractivity contribution in [1.82, 2.24) is 0 Å². The van der Waals surface area contributed by atoms with Crippen LogP contribution in [-0.2, 0) is 0 Å². The minimum absolute atomic E-state index is 1.09. The summed E-state index contributed by atoms with van der Waals surface area (Å²) in [6, 6.07) is 18.9. The minimum Gasteiger partial charge on any atom is -0.140 e. The van der Waals surface area contributed by atoms with Gasteiger partial charge in [-0.1, -0.05) is 42.5 Å². The summed E-state index contributed by atoms with van der Waals surface area (Å²) in [5.74, 6) is 0.